The van der Waals surface area contributed by atoms with Crippen LogP contribution in [0.15, 0.2) is 67.0 Å². The molecule has 0 radical (unpaired) electrons. The van der Waals surface area contributed by atoms with Gasteiger partial charge in [-0.25, -0.2) is 13.4 Å². The molecule has 176 valence electrons. The largest absolute Gasteiger partial charge is 0.481 e. The second-order valence-corrected chi connectivity index (χ2v) is 9.63. The normalized spacial score (nSPS) is 19.8. The van der Waals surface area contributed by atoms with Crippen molar-refractivity contribution in [3.63, 3.8) is 0 Å². The van der Waals surface area contributed by atoms with Gasteiger partial charge >= 0.3 is 0 Å². The van der Waals surface area contributed by atoms with Gasteiger partial charge in [-0.05, 0) is 31.2 Å². The first kappa shape index (κ1) is 24.4. The van der Waals surface area contributed by atoms with Crippen molar-refractivity contribution in [3.8, 4) is 5.88 Å². The number of likely N-dealkylation sites (N-methyl/N-ethyl adjacent to an activating group) is 1. The SMILES string of the molecule is CCN(Cc1ccccn1)C(=O)CN(c1ccc(OC)nc1)S(=O)(=O)C1(O)C=CC=CC1C. The van der Waals surface area contributed by atoms with Crippen LogP contribution >= 0.6 is 0 Å². The molecule has 33 heavy (non-hydrogen) atoms. The van der Waals surface area contributed by atoms with E-state index in [4.69, 9.17) is 4.74 Å². The molecule has 2 heterocycles. The Morgan fingerprint density at radius 3 is 2.58 bits per heavy atom. The van der Waals surface area contributed by atoms with Gasteiger partial charge in [0.05, 0.1) is 31.2 Å². The number of aromatic nitrogens is 2. The third-order valence-corrected chi connectivity index (χ3v) is 7.77. The number of amides is 1. The standard InChI is InChI=1S/C23H28N4O5S/c1-4-26(16-19-10-6-8-14-24-19)22(28)17-27(20-11-12-21(32-3)25-15-20)33(30,31)23(29)13-7-5-9-18(23)2/h5-15,18,29H,4,16-17H2,1-3H3. The van der Waals surface area contributed by atoms with Crippen LogP contribution in [0.3, 0.4) is 0 Å². The number of pyridine rings is 2. The highest BCUT2D eigenvalue weighted by Gasteiger charge is 2.49. The third-order valence-electron chi connectivity index (χ3n) is 5.51. The number of anilines is 1. The van der Waals surface area contributed by atoms with Gasteiger partial charge in [0.1, 0.15) is 6.54 Å². The molecular formula is C23H28N4O5S. The van der Waals surface area contributed by atoms with E-state index in [1.165, 1.54) is 42.5 Å². The number of nitrogens with zero attached hydrogens (tertiary/aromatic N) is 4. The Balaban J connectivity index is 1.97. The minimum Gasteiger partial charge on any atom is -0.481 e. The number of ether oxygens (including phenoxy) is 1. The van der Waals surface area contributed by atoms with E-state index in [0.717, 1.165) is 4.31 Å². The van der Waals surface area contributed by atoms with Gasteiger partial charge in [-0.1, -0.05) is 31.2 Å². The van der Waals surface area contributed by atoms with Crippen molar-refractivity contribution in [1.82, 2.24) is 14.9 Å². The molecule has 0 bridgehead atoms. The molecule has 2 aromatic rings. The maximum absolute atomic E-state index is 13.7. The van der Waals surface area contributed by atoms with Gasteiger partial charge in [0.25, 0.3) is 10.0 Å². The smallest absolute Gasteiger partial charge is 0.270 e. The highest BCUT2D eigenvalue weighted by molar-refractivity contribution is 7.94. The molecule has 1 aliphatic rings. The molecule has 1 amide bonds. The molecular weight excluding hydrogens is 444 g/mol. The van der Waals surface area contributed by atoms with Crippen molar-refractivity contribution in [1.29, 1.82) is 0 Å². The van der Waals surface area contributed by atoms with Crippen molar-refractivity contribution >= 4 is 21.6 Å². The molecule has 1 aliphatic carbocycles. The molecule has 2 atom stereocenters. The van der Waals surface area contributed by atoms with Crippen molar-refractivity contribution in [2.24, 2.45) is 5.92 Å². The average Bonchev–Trinajstić information content (AvgIpc) is 2.83. The predicted molar refractivity (Wildman–Crippen MR) is 125 cm³/mol. The van der Waals surface area contributed by atoms with E-state index < -0.39 is 33.3 Å². The quantitative estimate of drug-likeness (QED) is 0.595. The van der Waals surface area contributed by atoms with Gasteiger partial charge in [-0.2, -0.15) is 0 Å². The van der Waals surface area contributed by atoms with Crippen LogP contribution in [0.2, 0.25) is 0 Å². The van der Waals surface area contributed by atoms with Gasteiger partial charge in [-0.15, -0.1) is 0 Å². The highest BCUT2D eigenvalue weighted by atomic mass is 32.2. The number of sulfonamides is 1. The summed E-state index contributed by atoms with van der Waals surface area (Å²) in [5.41, 5.74) is 0.822. The molecule has 0 spiro atoms. The molecule has 9 nitrogen and oxygen atoms in total. The lowest BCUT2D eigenvalue weighted by atomic mass is 9.99. The summed E-state index contributed by atoms with van der Waals surface area (Å²) in [6.45, 7) is 3.48. The first-order valence-electron chi connectivity index (χ1n) is 10.5. The number of carbonyl (C=O) groups is 1. The zero-order chi connectivity index (χ0) is 24.1. The van der Waals surface area contributed by atoms with Crippen LogP contribution in [0.1, 0.15) is 19.5 Å². The lowest BCUT2D eigenvalue weighted by Gasteiger charge is -2.37. The van der Waals surface area contributed by atoms with E-state index in [1.54, 1.807) is 44.3 Å². The van der Waals surface area contributed by atoms with Gasteiger partial charge < -0.3 is 14.7 Å². The maximum atomic E-state index is 13.7. The average molecular weight is 473 g/mol. The van der Waals surface area contributed by atoms with Gasteiger partial charge in [-0.3, -0.25) is 14.1 Å². The molecule has 3 rings (SSSR count). The van der Waals surface area contributed by atoms with Gasteiger partial charge in [0, 0.05) is 24.7 Å². The van der Waals surface area contributed by atoms with Crippen LogP contribution in [-0.4, -0.2) is 59.4 Å². The minimum absolute atomic E-state index is 0.140. The number of rotatable bonds is 9. The Morgan fingerprint density at radius 2 is 2.00 bits per heavy atom. The van der Waals surface area contributed by atoms with Crippen LogP contribution < -0.4 is 9.04 Å². The van der Waals surface area contributed by atoms with Crippen LogP contribution in [0, 0.1) is 5.92 Å². The zero-order valence-corrected chi connectivity index (χ0v) is 19.6. The van der Waals surface area contributed by atoms with Crippen molar-refractivity contribution < 1.29 is 23.1 Å². The lowest BCUT2D eigenvalue weighted by molar-refractivity contribution is -0.130. The van der Waals surface area contributed by atoms with E-state index in [2.05, 4.69) is 9.97 Å². The van der Waals surface area contributed by atoms with Crippen LogP contribution in [-0.2, 0) is 21.4 Å². The molecule has 0 aromatic carbocycles. The Labute approximate surface area is 194 Å². The van der Waals surface area contributed by atoms with E-state index in [1.807, 2.05) is 6.07 Å². The fourth-order valence-electron chi connectivity index (χ4n) is 3.45. The first-order chi connectivity index (χ1) is 15.7. The van der Waals surface area contributed by atoms with Crippen molar-refractivity contribution in [2.75, 3.05) is 24.5 Å². The van der Waals surface area contributed by atoms with Gasteiger partial charge in [0.2, 0.25) is 16.7 Å². The zero-order valence-electron chi connectivity index (χ0n) is 18.8. The molecule has 2 aromatic heterocycles. The van der Waals surface area contributed by atoms with Crippen molar-refractivity contribution in [3.05, 3.63) is 72.7 Å². The second kappa shape index (κ2) is 10.1. The van der Waals surface area contributed by atoms with E-state index in [9.17, 15) is 18.3 Å². The first-order valence-corrected chi connectivity index (χ1v) is 11.9. The maximum Gasteiger partial charge on any atom is 0.270 e. The molecule has 10 heteroatoms. The fraction of sp³-hybridized carbons (Fsp3) is 0.348. The molecule has 1 N–H and O–H groups in total. The summed E-state index contributed by atoms with van der Waals surface area (Å²) in [4.78, 5) is 20.8. The monoisotopic (exact) mass is 472 g/mol. The molecule has 0 saturated carbocycles. The van der Waals surface area contributed by atoms with Gasteiger partial charge in [0.15, 0.2) is 0 Å². The number of methoxy groups -OCH3 is 1. The second-order valence-electron chi connectivity index (χ2n) is 7.58. The topological polar surface area (TPSA) is 113 Å². The Kier molecular flexibility index (Phi) is 7.50. The number of hydrogen-bond acceptors (Lipinski definition) is 7. The lowest BCUT2D eigenvalue weighted by Crippen LogP contribution is -2.54. The number of carbonyl (C=O) groups excluding carboxylic acids is 1. The van der Waals surface area contributed by atoms with E-state index in [-0.39, 0.29) is 12.2 Å². The summed E-state index contributed by atoms with van der Waals surface area (Å²) in [6.07, 6.45) is 8.91. The highest BCUT2D eigenvalue weighted by Crippen LogP contribution is 2.35. The third kappa shape index (κ3) is 5.07. The molecule has 2 unspecified atom stereocenters. The van der Waals surface area contributed by atoms with E-state index >= 15 is 0 Å². The molecule has 0 fully saturated rings. The Bertz CT molecular complexity index is 1120. The number of hydrogen-bond donors (Lipinski definition) is 1. The molecule has 0 saturated heterocycles. The van der Waals surface area contributed by atoms with E-state index in [0.29, 0.717) is 18.1 Å². The minimum atomic E-state index is -4.45. The van der Waals surface area contributed by atoms with Crippen LogP contribution in [0.25, 0.3) is 0 Å². The fourth-order valence-corrected chi connectivity index (χ4v) is 5.27. The number of allylic oxidation sites excluding steroid dienone is 2. The summed E-state index contributed by atoms with van der Waals surface area (Å²) < 4.78 is 33.4. The number of aliphatic hydroxyl groups is 1. The molecule has 0 aliphatic heterocycles. The summed E-state index contributed by atoms with van der Waals surface area (Å²) in [5, 5.41) is 11.2. The van der Waals surface area contributed by atoms with Crippen molar-refractivity contribution in [2.45, 2.75) is 25.3 Å². The van der Waals surface area contributed by atoms with Crippen LogP contribution in [0.4, 0.5) is 5.69 Å². The summed E-state index contributed by atoms with van der Waals surface area (Å²) in [6, 6.07) is 8.38. The summed E-state index contributed by atoms with van der Waals surface area (Å²) in [7, 11) is -3.00. The summed E-state index contributed by atoms with van der Waals surface area (Å²) >= 11 is 0. The summed E-state index contributed by atoms with van der Waals surface area (Å²) in [5.74, 6) is -0.874. The Morgan fingerprint density at radius 1 is 1.21 bits per heavy atom. The Hall–Kier alpha value is -3.24. The predicted octanol–water partition coefficient (Wildman–Crippen LogP) is 2.12. The van der Waals surface area contributed by atoms with Crippen LogP contribution in [0.5, 0.6) is 5.88 Å².